The van der Waals surface area contributed by atoms with Crippen LogP contribution in [0.4, 0.5) is 0 Å². The number of hydrogen-bond donors (Lipinski definition) is 1. The van der Waals surface area contributed by atoms with Crippen molar-refractivity contribution in [3.63, 3.8) is 0 Å². The number of nitrogens with zero attached hydrogens (tertiary/aromatic N) is 2. The third-order valence-corrected chi connectivity index (χ3v) is 4.04. The number of ketones is 1. The Morgan fingerprint density at radius 2 is 1.92 bits per heavy atom. The van der Waals surface area contributed by atoms with Gasteiger partial charge in [0.25, 0.3) is 5.56 Å². The average Bonchev–Trinajstić information content (AvgIpc) is 2.61. The Labute approximate surface area is 152 Å². The Bertz CT molecular complexity index is 919. The summed E-state index contributed by atoms with van der Waals surface area (Å²) in [7, 11) is 0. The first kappa shape index (κ1) is 19.3. The lowest BCUT2D eigenvalue weighted by atomic mass is 9.97. The number of nitriles is 1. The van der Waals surface area contributed by atoms with Crippen molar-refractivity contribution in [2.75, 3.05) is 6.61 Å². The van der Waals surface area contributed by atoms with E-state index in [4.69, 9.17) is 4.74 Å². The van der Waals surface area contributed by atoms with Gasteiger partial charge in [-0.2, -0.15) is 5.26 Å². The van der Waals surface area contributed by atoms with Gasteiger partial charge in [-0.1, -0.05) is 13.8 Å². The predicted octanol–water partition coefficient (Wildman–Crippen LogP) is 3.02. The maximum Gasteiger partial charge on any atom is 0.271 e. The molecule has 0 atom stereocenters. The van der Waals surface area contributed by atoms with Crippen LogP contribution in [0.5, 0.6) is 11.6 Å². The number of aromatic nitrogens is 1. The molecular formula is C20H22N2O4. The molecule has 1 N–H and O–H groups in total. The fraction of sp³-hybridized carbons (Fsp3) is 0.350. The molecule has 2 aromatic rings. The van der Waals surface area contributed by atoms with Gasteiger partial charge in [0.2, 0.25) is 5.88 Å². The van der Waals surface area contributed by atoms with Crippen LogP contribution in [0.3, 0.4) is 0 Å². The number of carbonyl (C=O) groups excluding carboxylic acids is 1. The van der Waals surface area contributed by atoms with E-state index in [9.17, 15) is 20.0 Å². The highest BCUT2D eigenvalue weighted by atomic mass is 16.5. The zero-order valence-electron chi connectivity index (χ0n) is 15.4. The van der Waals surface area contributed by atoms with Crippen molar-refractivity contribution in [2.24, 2.45) is 5.92 Å². The van der Waals surface area contributed by atoms with Crippen LogP contribution >= 0.6 is 0 Å². The molecule has 0 aliphatic carbocycles. The van der Waals surface area contributed by atoms with Crippen molar-refractivity contribution in [3.8, 4) is 17.7 Å². The summed E-state index contributed by atoms with van der Waals surface area (Å²) in [6.07, 6.45) is 0. The van der Waals surface area contributed by atoms with Crippen molar-refractivity contribution in [1.29, 1.82) is 5.26 Å². The highest BCUT2D eigenvalue weighted by Crippen LogP contribution is 2.25. The summed E-state index contributed by atoms with van der Waals surface area (Å²) in [6, 6.07) is 8.40. The lowest BCUT2D eigenvalue weighted by molar-refractivity contribution is 0.103. The molecule has 0 radical (unpaired) electrons. The molecule has 0 spiro atoms. The second kappa shape index (κ2) is 7.87. The molecular weight excluding hydrogens is 332 g/mol. The van der Waals surface area contributed by atoms with Gasteiger partial charge >= 0.3 is 0 Å². The van der Waals surface area contributed by atoms with Crippen LogP contribution in [0, 0.1) is 24.2 Å². The largest absolute Gasteiger partial charge is 0.494 e. The number of benzene rings is 1. The Morgan fingerprint density at radius 1 is 1.31 bits per heavy atom. The molecule has 6 heteroatoms. The molecule has 0 bridgehead atoms. The van der Waals surface area contributed by atoms with E-state index in [-0.39, 0.29) is 23.2 Å². The van der Waals surface area contributed by atoms with Crippen LogP contribution in [0.2, 0.25) is 0 Å². The standard InChI is InChI=1S/C20H22N2O4/c1-5-22-19(24)16(10-21)13(4)17(20(22)25)18(23)14-6-8-15(9-7-14)26-11-12(2)3/h6-9,12,25H,5,11H2,1-4H3. The summed E-state index contributed by atoms with van der Waals surface area (Å²) >= 11 is 0. The Hall–Kier alpha value is -3.07. The summed E-state index contributed by atoms with van der Waals surface area (Å²) in [5, 5.41) is 19.7. The first-order valence-corrected chi connectivity index (χ1v) is 8.45. The SMILES string of the molecule is CCn1c(O)c(C(=O)c2ccc(OCC(C)C)cc2)c(C)c(C#N)c1=O. The fourth-order valence-corrected chi connectivity index (χ4v) is 2.63. The van der Waals surface area contributed by atoms with E-state index < -0.39 is 17.2 Å². The molecule has 6 nitrogen and oxygen atoms in total. The molecule has 0 fully saturated rings. The van der Waals surface area contributed by atoms with Crippen molar-refractivity contribution < 1.29 is 14.6 Å². The van der Waals surface area contributed by atoms with Crippen LogP contribution < -0.4 is 10.3 Å². The quantitative estimate of drug-likeness (QED) is 0.805. The molecule has 0 unspecified atom stereocenters. The molecule has 0 saturated carbocycles. The van der Waals surface area contributed by atoms with Gasteiger partial charge in [0.15, 0.2) is 5.78 Å². The van der Waals surface area contributed by atoms with Crippen LogP contribution in [-0.2, 0) is 6.54 Å². The number of rotatable bonds is 6. The van der Waals surface area contributed by atoms with Gasteiger partial charge in [-0.05, 0) is 49.6 Å². The van der Waals surface area contributed by atoms with Gasteiger partial charge in [0, 0.05) is 12.1 Å². The molecule has 2 rings (SSSR count). The van der Waals surface area contributed by atoms with E-state index in [0.29, 0.717) is 23.8 Å². The normalized spacial score (nSPS) is 10.6. The van der Waals surface area contributed by atoms with Gasteiger partial charge < -0.3 is 9.84 Å². The minimum absolute atomic E-state index is 0.0288. The summed E-state index contributed by atoms with van der Waals surface area (Å²) in [4.78, 5) is 25.1. The molecule has 0 aliphatic heterocycles. The van der Waals surface area contributed by atoms with Crippen LogP contribution in [0.1, 0.15) is 47.8 Å². The highest BCUT2D eigenvalue weighted by molar-refractivity contribution is 6.11. The highest BCUT2D eigenvalue weighted by Gasteiger charge is 2.24. The van der Waals surface area contributed by atoms with Gasteiger partial charge in [0.1, 0.15) is 17.4 Å². The second-order valence-electron chi connectivity index (χ2n) is 6.42. The number of ether oxygens (including phenoxy) is 1. The summed E-state index contributed by atoms with van der Waals surface area (Å²) in [5.74, 6) is 0.163. The van der Waals surface area contributed by atoms with E-state index >= 15 is 0 Å². The third kappa shape index (κ3) is 3.62. The molecule has 1 aromatic carbocycles. The first-order chi connectivity index (χ1) is 12.3. The second-order valence-corrected chi connectivity index (χ2v) is 6.42. The summed E-state index contributed by atoms with van der Waals surface area (Å²) < 4.78 is 6.62. The molecule has 1 aromatic heterocycles. The minimum atomic E-state index is -0.598. The molecule has 0 aliphatic rings. The monoisotopic (exact) mass is 354 g/mol. The number of carbonyl (C=O) groups is 1. The van der Waals surface area contributed by atoms with E-state index in [1.54, 1.807) is 31.2 Å². The zero-order chi connectivity index (χ0) is 19.4. The topological polar surface area (TPSA) is 92.3 Å². The summed E-state index contributed by atoms with van der Waals surface area (Å²) in [6.45, 7) is 7.96. The third-order valence-electron chi connectivity index (χ3n) is 4.04. The number of hydrogen-bond acceptors (Lipinski definition) is 5. The van der Waals surface area contributed by atoms with E-state index in [0.717, 1.165) is 4.57 Å². The molecule has 1 heterocycles. The van der Waals surface area contributed by atoms with Crippen LogP contribution in [-0.4, -0.2) is 22.1 Å². The van der Waals surface area contributed by atoms with Crippen molar-refractivity contribution in [3.05, 3.63) is 56.9 Å². The fourth-order valence-electron chi connectivity index (χ4n) is 2.63. The van der Waals surface area contributed by atoms with Gasteiger partial charge in [0.05, 0.1) is 12.2 Å². The molecule has 0 amide bonds. The average molecular weight is 354 g/mol. The smallest absolute Gasteiger partial charge is 0.271 e. The predicted molar refractivity (Wildman–Crippen MR) is 97.7 cm³/mol. The van der Waals surface area contributed by atoms with E-state index in [1.807, 2.05) is 19.9 Å². The molecule has 136 valence electrons. The summed E-state index contributed by atoms with van der Waals surface area (Å²) in [5.41, 5.74) is -0.238. The first-order valence-electron chi connectivity index (χ1n) is 8.45. The van der Waals surface area contributed by atoms with Crippen LogP contribution in [0.15, 0.2) is 29.1 Å². The minimum Gasteiger partial charge on any atom is -0.494 e. The van der Waals surface area contributed by atoms with Gasteiger partial charge in [-0.3, -0.25) is 14.2 Å². The molecule has 0 saturated heterocycles. The molecule has 26 heavy (non-hydrogen) atoms. The lowest BCUT2D eigenvalue weighted by Crippen LogP contribution is -2.26. The van der Waals surface area contributed by atoms with Gasteiger partial charge in [-0.15, -0.1) is 0 Å². The number of pyridine rings is 1. The maximum atomic E-state index is 12.9. The van der Waals surface area contributed by atoms with E-state index in [2.05, 4.69) is 0 Å². The Balaban J connectivity index is 2.47. The van der Waals surface area contributed by atoms with Crippen molar-refractivity contribution in [2.45, 2.75) is 34.2 Å². The Kier molecular flexibility index (Phi) is 5.83. The maximum absolute atomic E-state index is 12.9. The lowest BCUT2D eigenvalue weighted by Gasteiger charge is -2.14. The van der Waals surface area contributed by atoms with Crippen molar-refractivity contribution in [1.82, 2.24) is 4.57 Å². The Morgan fingerprint density at radius 3 is 2.42 bits per heavy atom. The number of aromatic hydroxyl groups is 1. The van der Waals surface area contributed by atoms with Crippen molar-refractivity contribution >= 4 is 5.78 Å². The van der Waals surface area contributed by atoms with E-state index in [1.165, 1.54) is 6.92 Å². The van der Waals surface area contributed by atoms with Gasteiger partial charge in [-0.25, -0.2) is 0 Å². The zero-order valence-corrected chi connectivity index (χ0v) is 15.4. The van der Waals surface area contributed by atoms with Crippen LogP contribution in [0.25, 0.3) is 0 Å².